The third-order valence-electron chi connectivity index (χ3n) is 2.59. The van der Waals surface area contributed by atoms with E-state index in [9.17, 15) is 5.11 Å². The van der Waals surface area contributed by atoms with Gasteiger partial charge in [-0.2, -0.15) is 0 Å². The van der Waals surface area contributed by atoms with E-state index < -0.39 is 0 Å². The number of aryl methyl sites for hydroxylation is 1. The Bertz CT molecular complexity index is 551. The molecule has 0 amide bonds. The standard InChI is InChI=1S/C13H12ClNO/c1-2-3-6-15-8-10(9-16)12-5-4-11(14)7-13(12)15/h1,4-5,7-8,16H,3,6,9H2. The fraction of sp³-hybridized carbons (Fsp3) is 0.231. The molecule has 3 heteroatoms. The highest BCUT2D eigenvalue weighted by Crippen LogP contribution is 2.25. The van der Waals surface area contributed by atoms with Crippen LogP contribution in [0.15, 0.2) is 24.4 Å². The Kier molecular flexibility index (Phi) is 3.19. The molecule has 0 bridgehead atoms. The summed E-state index contributed by atoms with van der Waals surface area (Å²) in [7, 11) is 0. The van der Waals surface area contributed by atoms with Gasteiger partial charge >= 0.3 is 0 Å². The second kappa shape index (κ2) is 4.61. The third-order valence-corrected chi connectivity index (χ3v) is 2.83. The highest BCUT2D eigenvalue weighted by atomic mass is 35.5. The van der Waals surface area contributed by atoms with Gasteiger partial charge in [0.05, 0.1) is 6.61 Å². The molecule has 1 N–H and O–H groups in total. The molecule has 1 aromatic carbocycles. The SMILES string of the molecule is C#CCCn1cc(CO)c2ccc(Cl)cc21. The van der Waals surface area contributed by atoms with E-state index in [1.165, 1.54) is 0 Å². The van der Waals surface area contributed by atoms with Gasteiger partial charge in [0, 0.05) is 40.7 Å². The molecule has 1 heterocycles. The molecule has 0 unspecified atom stereocenters. The van der Waals surface area contributed by atoms with E-state index in [0.29, 0.717) is 11.4 Å². The minimum atomic E-state index is 0.0290. The zero-order chi connectivity index (χ0) is 11.5. The number of rotatable bonds is 3. The van der Waals surface area contributed by atoms with Gasteiger partial charge in [-0.25, -0.2) is 0 Å². The van der Waals surface area contributed by atoms with Gasteiger partial charge in [-0.15, -0.1) is 12.3 Å². The van der Waals surface area contributed by atoms with E-state index in [4.69, 9.17) is 18.0 Å². The third kappa shape index (κ3) is 1.92. The van der Waals surface area contributed by atoms with Gasteiger partial charge in [-0.1, -0.05) is 17.7 Å². The molecular formula is C13H12ClNO. The van der Waals surface area contributed by atoms with E-state index in [2.05, 4.69) is 5.92 Å². The van der Waals surface area contributed by atoms with Crippen molar-refractivity contribution in [1.29, 1.82) is 0 Å². The summed E-state index contributed by atoms with van der Waals surface area (Å²) >= 11 is 5.96. The number of aromatic nitrogens is 1. The van der Waals surface area contributed by atoms with Crippen molar-refractivity contribution in [3.05, 3.63) is 35.0 Å². The number of hydrogen-bond acceptors (Lipinski definition) is 1. The van der Waals surface area contributed by atoms with E-state index in [-0.39, 0.29) is 6.61 Å². The largest absolute Gasteiger partial charge is 0.392 e. The maximum absolute atomic E-state index is 9.26. The predicted molar refractivity (Wildman–Crippen MR) is 66.3 cm³/mol. The first-order chi connectivity index (χ1) is 7.76. The molecule has 0 aliphatic heterocycles. The van der Waals surface area contributed by atoms with E-state index in [1.807, 2.05) is 29.0 Å². The van der Waals surface area contributed by atoms with Crippen LogP contribution in [0.4, 0.5) is 0 Å². The lowest BCUT2D eigenvalue weighted by molar-refractivity contribution is 0.283. The van der Waals surface area contributed by atoms with E-state index in [1.54, 1.807) is 0 Å². The summed E-state index contributed by atoms with van der Waals surface area (Å²) in [5.41, 5.74) is 1.93. The second-order valence-corrected chi connectivity index (χ2v) is 4.06. The van der Waals surface area contributed by atoms with Crippen molar-refractivity contribution in [1.82, 2.24) is 4.57 Å². The molecule has 1 aromatic heterocycles. The first-order valence-electron chi connectivity index (χ1n) is 5.08. The molecular weight excluding hydrogens is 222 g/mol. The predicted octanol–water partition coefficient (Wildman–Crippen LogP) is 2.81. The summed E-state index contributed by atoms with van der Waals surface area (Å²) in [5.74, 6) is 2.61. The molecule has 16 heavy (non-hydrogen) atoms. The molecule has 2 nitrogen and oxygen atoms in total. The zero-order valence-corrected chi connectivity index (χ0v) is 9.54. The summed E-state index contributed by atoms with van der Waals surface area (Å²) in [6, 6.07) is 5.65. The van der Waals surface area contributed by atoms with Crippen molar-refractivity contribution < 1.29 is 5.11 Å². The van der Waals surface area contributed by atoms with Crippen LogP contribution in [0.3, 0.4) is 0 Å². The Labute approximate surface area is 99.5 Å². The quantitative estimate of drug-likeness (QED) is 0.811. The van der Waals surface area contributed by atoms with Crippen molar-refractivity contribution in [3.63, 3.8) is 0 Å². The lowest BCUT2D eigenvalue weighted by atomic mass is 10.2. The van der Waals surface area contributed by atoms with Crippen molar-refractivity contribution in [3.8, 4) is 12.3 Å². The van der Waals surface area contributed by atoms with Crippen LogP contribution in [0.5, 0.6) is 0 Å². The Morgan fingerprint density at radius 1 is 1.44 bits per heavy atom. The van der Waals surface area contributed by atoms with Gasteiger partial charge in [-0.3, -0.25) is 0 Å². The number of halogens is 1. The average molecular weight is 234 g/mol. The zero-order valence-electron chi connectivity index (χ0n) is 8.78. The number of aliphatic hydroxyl groups excluding tert-OH is 1. The molecule has 0 aliphatic rings. The van der Waals surface area contributed by atoms with E-state index >= 15 is 0 Å². The molecule has 0 atom stereocenters. The molecule has 0 saturated carbocycles. The molecule has 2 aromatic rings. The topological polar surface area (TPSA) is 25.2 Å². The number of terminal acetylenes is 1. The van der Waals surface area contributed by atoms with Gasteiger partial charge in [-0.05, 0) is 12.1 Å². The van der Waals surface area contributed by atoms with Gasteiger partial charge in [0.2, 0.25) is 0 Å². The summed E-state index contributed by atoms with van der Waals surface area (Å²) in [6.45, 7) is 0.772. The lowest BCUT2D eigenvalue weighted by Gasteiger charge is -2.02. The first kappa shape index (κ1) is 11.1. The normalized spacial score (nSPS) is 10.6. The fourth-order valence-electron chi connectivity index (χ4n) is 1.84. The minimum Gasteiger partial charge on any atom is -0.392 e. The van der Waals surface area contributed by atoms with Crippen molar-refractivity contribution in [2.75, 3.05) is 0 Å². The lowest BCUT2D eigenvalue weighted by Crippen LogP contribution is -1.94. The highest BCUT2D eigenvalue weighted by Gasteiger charge is 2.07. The summed E-state index contributed by atoms with van der Waals surface area (Å²) in [4.78, 5) is 0. The van der Waals surface area contributed by atoms with Crippen LogP contribution in [-0.4, -0.2) is 9.67 Å². The van der Waals surface area contributed by atoms with Gasteiger partial charge in [0.1, 0.15) is 0 Å². The maximum atomic E-state index is 9.26. The maximum Gasteiger partial charge on any atom is 0.0702 e. The average Bonchev–Trinajstić information content (AvgIpc) is 2.64. The summed E-state index contributed by atoms with van der Waals surface area (Å²) in [5, 5.41) is 11.0. The highest BCUT2D eigenvalue weighted by molar-refractivity contribution is 6.31. The summed E-state index contributed by atoms with van der Waals surface area (Å²) in [6.07, 6.45) is 7.85. The number of benzene rings is 1. The smallest absolute Gasteiger partial charge is 0.0702 e. The Hall–Kier alpha value is -1.43. The monoisotopic (exact) mass is 233 g/mol. The Morgan fingerprint density at radius 3 is 2.94 bits per heavy atom. The second-order valence-electron chi connectivity index (χ2n) is 3.62. The van der Waals surface area contributed by atoms with Crippen LogP contribution in [0, 0.1) is 12.3 Å². The number of hydrogen-bond donors (Lipinski definition) is 1. The van der Waals surface area contributed by atoms with Crippen LogP contribution in [0.1, 0.15) is 12.0 Å². The number of nitrogens with zero attached hydrogens (tertiary/aromatic N) is 1. The molecule has 2 rings (SSSR count). The number of aliphatic hydroxyl groups is 1. The Balaban J connectivity index is 2.56. The van der Waals surface area contributed by atoms with Crippen molar-refractivity contribution in [2.24, 2.45) is 0 Å². The van der Waals surface area contributed by atoms with Gasteiger partial charge in [0.25, 0.3) is 0 Å². The van der Waals surface area contributed by atoms with Crippen molar-refractivity contribution in [2.45, 2.75) is 19.6 Å². The van der Waals surface area contributed by atoms with Crippen LogP contribution in [0.2, 0.25) is 5.02 Å². The molecule has 82 valence electrons. The van der Waals surface area contributed by atoms with Gasteiger partial charge in [0.15, 0.2) is 0 Å². The van der Waals surface area contributed by atoms with Crippen LogP contribution in [-0.2, 0) is 13.2 Å². The van der Waals surface area contributed by atoms with Crippen LogP contribution >= 0.6 is 11.6 Å². The molecule has 0 aliphatic carbocycles. The van der Waals surface area contributed by atoms with Gasteiger partial charge < -0.3 is 9.67 Å². The Morgan fingerprint density at radius 2 is 2.25 bits per heavy atom. The number of fused-ring (bicyclic) bond motifs is 1. The van der Waals surface area contributed by atoms with Crippen LogP contribution in [0.25, 0.3) is 10.9 Å². The minimum absolute atomic E-state index is 0.0290. The fourth-order valence-corrected chi connectivity index (χ4v) is 2.00. The first-order valence-corrected chi connectivity index (χ1v) is 5.45. The molecule has 0 saturated heterocycles. The van der Waals surface area contributed by atoms with Crippen LogP contribution < -0.4 is 0 Å². The molecule has 0 radical (unpaired) electrons. The summed E-state index contributed by atoms with van der Waals surface area (Å²) < 4.78 is 2.03. The molecule has 0 fully saturated rings. The van der Waals surface area contributed by atoms with E-state index in [0.717, 1.165) is 23.0 Å². The van der Waals surface area contributed by atoms with Crippen molar-refractivity contribution >= 4 is 22.5 Å². The molecule has 0 spiro atoms.